The maximum atomic E-state index is 12.8. The lowest BCUT2D eigenvalue weighted by Crippen LogP contribution is -2.41. The van der Waals surface area contributed by atoms with Crippen molar-refractivity contribution < 1.29 is 22.8 Å². The zero-order valence-corrected chi connectivity index (χ0v) is 17.5. The van der Waals surface area contributed by atoms with Crippen molar-refractivity contribution in [3.63, 3.8) is 0 Å². The van der Waals surface area contributed by atoms with Crippen molar-refractivity contribution in [1.29, 1.82) is 0 Å². The zero-order valence-electron chi connectivity index (χ0n) is 16.8. The molecule has 1 aliphatic carbocycles. The minimum Gasteiger partial charge on any atom is -0.353 e. The van der Waals surface area contributed by atoms with Gasteiger partial charge in [0.25, 0.3) is 5.91 Å². The molecule has 0 heterocycles. The second kappa shape index (κ2) is 10.2. The van der Waals surface area contributed by atoms with Crippen molar-refractivity contribution in [1.82, 2.24) is 10.6 Å². The third-order valence-corrected chi connectivity index (χ3v) is 5.90. The van der Waals surface area contributed by atoms with Crippen LogP contribution >= 0.6 is 11.6 Å². The van der Waals surface area contributed by atoms with Crippen LogP contribution in [0.5, 0.6) is 0 Å². The maximum absolute atomic E-state index is 12.8. The first-order valence-electron chi connectivity index (χ1n) is 10.2. The Morgan fingerprint density at radius 3 is 2.19 bits per heavy atom. The van der Waals surface area contributed by atoms with E-state index < -0.39 is 24.0 Å². The Morgan fingerprint density at radius 1 is 0.968 bits per heavy atom. The molecule has 4 nitrogen and oxygen atoms in total. The van der Waals surface area contributed by atoms with Gasteiger partial charge in [-0.2, -0.15) is 13.2 Å². The fourth-order valence-electron chi connectivity index (χ4n) is 3.86. The molecule has 2 amide bonds. The van der Waals surface area contributed by atoms with E-state index in [1.807, 2.05) is 6.07 Å². The van der Waals surface area contributed by atoms with Gasteiger partial charge in [-0.05, 0) is 43.4 Å². The first-order valence-corrected chi connectivity index (χ1v) is 10.6. The van der Waals surface area contributed by atoms with Crippen molar-refractivity contribution in [2.24, 2.45) is 5.92 Å². The quantitative estimate of drug-likeness (QED) is 0.613. The number of benzene rings is 2. The van der Waals surface area contributed by atoms with Gasteiger partial charge < -0.3 is 10.6 Å². The monoisotopic (exact) mass is 452 g/mol. The van der Waals surface area contributed by atoms with Gasteiger partial charge in [0.05, 0.1) is 29.0 Å². The number of rotatable bonds is 6. The lowest BCUT2D eigenvalue weighted by Gasteiger charge is -2.30. The van der Waals surface area contributed by atoms with E-state index in [0.29, 0.717) is 10.6 Å². The minimum atomic E-state index is -4.18. The van der Waals surface area contributed by atoms with E-state index in [1.165, 1.54) is 0 Å². The van der Waals surface area contributed by atoms with Crippen molar-refractivity contribution in [2.75, 3.05) is 0 Å². The van der Waals surface area contributed by atoms with Crippen LogP contribution in [0.4, 0.5) is 13.2 Å². The molecule has 166 valence electrons. The Balaban J connectivity index is 1.63. The highest BCUT2D eigenvalue weighted by atomic mass is 35.5. The Bertz CT molecular complexity index is 897. The molecule has 1 aliphatic rings. The second-order valence-corrected chi connectivity index (χ2v) is 8.19. The van der Waals surface area contributed by atoms with Crippen LogP contribution in [0, 0.1) is 5.92 Å². The number of carbonyl (C=O) groups is 2. The Hall–Kier alpha value is -2.54. The second-order valence-electron chi connectivity index (χ2n) is 7.78. The minimum absolute atomic E-state index is 0.0137. The summed E-state index contributed by atoms with van der Waals surface area (Å²) in [6.07, 6.45) is -3.61. The van der Waals surface area contributed by atoms with Gasteiger partial charge in [-0.25, -0.2) is 0 Å². The van der Waals surface area contributed by atoms with Crippen LogP contribution in [0.25, 0.3) is 0 Å². The van der Waals surface area contributed by atoms with Gasteiger partial charge in [-0.15, -0.1) is 0 Å². The predicted octanol–water partition coefficient (Wildman–Crippen LogP) is 5.44. The van der Waals surface area contributed by atoms with Crippen LogP contribution in [-0.2, 0) is 4.79 Å². The molecule has 0 aromatic heterocycles. The molecule has 0 saturated heterocycles. The summed E-state index contributed by atoms with van der Waals surface area (Å²) in [7, 11) is 0. The van der Waals surface area contributed by atoms with Gasteiger partial charge in [0.1, 0.15) is 0 Å². The van der Waals surface area contributed by atoms with E-state index >= 15 is 0 Å². The summed E-state index contributed by atoms with van der Waals surface area (Å²) in [5.41, 5.74) is 1.05. The van der Waals surface area contributed by atoms with Gasteiger partial charge in [-0.3, -0.25) is 9.59 Å². The molecule has 2 N–H and O–H groups in total. The third kappa shape index (κ3) is 6.47. The smallest absolute Gasteiger partial charge is 0.353 e. The van der Waals surface area contributed by atoms with Crippen LogP contribution in [0.1, 0.15) is 54.1 Å². The highest BCUT2D eigenvalue weighted by molar-refractivity contribution is 6.33. The number of alkyl halides is 3. The van der Waals surface area contributed by atoms with Gasteiger partial charge in [0.2, 0.25) is 5.91 Å². The van der Waals surface area contributed by atoms with Crippen LogP contribution < -0.4 is 10.6 Å². The van der Waals surface area contributed by atoms with Gasteiger partial charge in [-0.1, -0.05) is 54.1 Å². The number of hydrogen-bond acceptors (Lipinski definition) is 2. The number of nitrogens with one attached hydrogen (secondary N) is 2. The maximum Gasteiger partial charge on any atom is 0.391 e. The molecule has 0 radical (unpaired) electrons. The SMILES string of the molecule is O=C(CC(NC(=O)c1ccccc1Cl)c1ccccc1)NC1CCC(C(F)(F)F)CC1. The first-order chi connectivity index (χ1) is 14.7. The van der Waals surface area contributed by atoms with E-state index in [1.54, 1.807) is 48.5 Å². The number of halogens is 4. The van der Waals surface area contributed by atoms with Crippen molar-refractivity contribution in [2.45, 2.75) is 50.4 Å². The first kappa shape index (κ1) is 23.1. The van der Waals surface area contributed by atoms with Gasteiger partial charge >= 0.3 is 6.18 Å². The van der Waals surface area contributed by atoms with E-state index in [2.05, 4.69) is 10.6 Å². The molecule has 1 fully saturated rings. The van der Waals surface area contributed by atoms with Crippen LogP contribution in [0.3, 0.4) is 0 Å². The van der Waals surface area contributed by atoms with Crippen LogP contribution in [0.2, 0.25) is 5.02 Å². The van der Waals surface area contributed by atoms with E-state index in [0.717, 1.165) is 5.56 Å². The van der Waals surface area contributed by atoms with Crippen molar-refractivity contribution in [3.8, 4) is 0 Å². The summed E-state index contributed by atoms with van der Waals surface area (Å²) in [4.78, 5) is 25.4. The summed E-state index contributed by atoms with van der Waals surface area (Å²) < 4.78 is 38.5. The Morgan fingerprint density at radius 2 is 1.58 bits per heavy atom. The van der Waals surface area contributed by atoms with E-state index in [4.69, 9.17) is 11.6 Å². The predicted molar refractivity (Wildman–Crippen MR) is 113 cm³/mol. The van der Waals surface area contributed by atoms with Crippen molar-refractivity contribution in [3.05, 3.63) is 70.7 Å². The zero-order chi connectivity index (χ0) is 22.4. The molecule has 1 saturated carbocycles. The third-order valence-electron chi connectivity index (χ3n) is 5.57. The lowest BCUT2D eigenvalue weighted by atomic mass is 9.85. The average Bonchev–Trinajstić information content (AvgIpc) is 2.74. The van der Waals surface area contributed by atoms with Crippen molar-refractivity contribution >= 4 is 23.4 Å². The molecular formula is C23H24ClF3N2O2. The largest absolute Gasteiger partial charge is 0.391 e. The molecule has 8 heteroatoms. The van der Waals surface area contributed by atoms with Crippen LogP contribution in [0.15, 0.2) is 54.6 Å². The average molecular weight is 453 g/mol. The molecule has 0 spiro atoms. The highest BCUT2D eigenvalue weighted by Gasteiger charge is 2.41. The number of amides is 2. The molecule has 2 aromatic carbocycles. The van der Waals surface area contributed by atoms with Crippen LogP contribution in [-0.4, -0.2) is 24.0 Å². The Kier molecular flexibility index (Phi) is 7.59. The van der Waals surface area contributed by atoms with Gasteiger partial charge in [0, 0.05) is 6.04 Å². The fourth-order valence-corrected chi connectivity index (χ4v) is 4.08. The highest BCUT2D eigenvalue weighted by Crippen LogP contribution is 2.37. The normalized spacial score (nSPS) is 20.0. The van der Waals surface area contributed by atoms with E-state index in [9.17, 15) is 22.8 Å². The lowest BCUT2D eigenvalue weighted by molar-refractivity contribution is -0.182. The molecule has 3 rings (SSSR count). The summed E-state index contributed by atoms with van der Waals surface area (Å²) in [6.45, 7) is 0. The number of carbonyl (C=O) groups excluding carboxylic acids is 2. The molecule has 0 aliphatic heterocycles. The summed E-state index contributed by atoms with van der Waals surface area (Å²) in [6, 6.07) is 14.8. The molecule has 2 aromatic rings. The molecular weight excluding hydrogens is 429 g/mol. The van der Waals surface area contributed by atoms with Gasteiger partial charge in [0.15, 0.2) is 0 Å². The number of hydrogen-bond donors (Lipinski definition) is 2. The fraction of sp³-hybridized carbons (Fsp3) is 0.391. The topological polar surface area (TPSA) is 58.2 Å². The Labute approximate surface area is 184 Å². The molecule has 1 unspecified atom stereocenters. The van der Waals surface area contributed by atoms with E-state index in [-0.39, 0.29) is 44.1 Å². The molecule has 0 bridgehead atoms. The summed E-state index contributed by atoms with van der Waals surface area (Å²) in [5, 5.41) is 5.99. The molecule has 31 heavy (non-hydrogen) atoms. The standard InChI is InChI=1S/C23H24ClF3N2O2/c24-19-9-5-4-8-18(19)22(31)29-20(15-6-2-1-3-7-15)14-21(30)28-17-12-10-16(11-13-17)23(25,26)27/h1-9,16-17,20H,10-14H2,(H,28,30)(H,29,31). The molecule has 1 atom stereocenters. The summed E-state index contributed by atoms with van der Waals surface area (Å²) in [5.74, 6) is -2.02. The summed E-state index contributed by atoms with van der Waals surface area (Å²) >= 11 is 6.11.